The van der Waals surface area contributed by atoms with Crippen LogP contribution >= 0.6 is 0 Å². The van der Waals surface area contributed by atoms with Crippen LogP contribution in [-0.4, -0.2) is 48.3 Å². The Morgan fingerprint density at radius 1 is 0.897 bits per heavy atom. The summed E-state index contributed by atoms with van der Waals surface area (Å²) in [6.07, 6.45) is 18.2. The average molecular weight is 535 g/mol. The van der Waals surface area contributed by atoms with Gasteiger partial charge in [0.05, 0.1) is 18.8 Å². The van der Waals surface area contributed by atoms with Crippen LogP contribution in [-0.2, 0) is 0 Å². The van der Waals surface area contributed by atoms with Crippen molar-refractivity contribution in [3.63, 3.8) is 0 Å². The molecule has 0 spiro atoms. The summed E-state index contributed by atoms with van der Waals surface area (Å²) in [5.74, 6) is 2.95. The molecule has 4 saturated carbocycles. The zero-order valence-corrected chi connectivity index (χ0v) is 25.6. The van der Waals surface area contributed by atoms with Crippen molar-refractivity contribution in [3.05, 3.63) is 46.6 Å². The van der Waals surface area contributed by atoms with Gasteiger partial charge in [-0.05, 0) is 96.2 Å². The molecule has 4 unspecified atom stereocenters. The third kappa shape index (κ3) is 6.09. The highest BCUT2D eigenvalue weighted by Gasteiger charge is 2.55. The van der Waals surface area contributed by atoms with E-state index in [2.05, 4.69) is 78.1 Å². The summed E-state index contributed by atoms with van der Waals surface area (Å²) in [7, 11) is 0. The van der Waals surface area contributed by atoms with E-state index in [0.29, 0.717) is 12.0 Å². The molecule has 0 aromatic rings. The standard InChI is InChI=1S/C35H54N2O2/c1-22-10-26(32(39)30(11-22)35-17-23-12-24(18-35)14-25(13-23)19-35)20-36-8-9-37-21-27-15-28(33(2,3)4)16-29(31(27)38)34(5,6)7/h10-11,15-16,20,23-25,27,30-32,37-39H,8-9,12-14,17-19,21H2,1-7H3/b36-20+. The van der Waals surface area contributed by atoms with Crippen molar-refractivity contribution in [3.8, 4) is 0 Å². The second-order valence-electron chi connectivity index (χ2n) is 15.9. The molecule has 4 atom stereocenters. The van der Waals surface area contributed by atoms with Crippen LogP contribution in [0.2, 0.25) is 0 Å². The first kappa shape index (κ1) is 29.0. The Morgan fingerprint density at radius 2 is 1.51 bits per heavy atom. The molecule has 216 valence electrons. The number of hydrogen-bond acceptors (Lipinski definition) is 4. The normalized spacial score (nSPS) is 38.5. The van der Waals surface area contributed by atoms with Crippen molar-refractivity contribution < 1.29 is 10.2 Å². The summed E-state index contributed by atoms with van der Waals surface area (Å²) in [4.78, 5) is 4.74. The van der Waals surface area contributed by atoms with E-state index in [4.69, 9.17) is 4.99 Å². The molecule has 3 N–H and O–H groups in total. The van der Waals surface area contributed by atoms with Gasteiger partial charge in [-0.1, -0.05) is 71.4 Å². The van der Waals surface area contributed by atoms with Gasteiger partial charge in [0.25, 0.3) is 0 Å². The highest BCUT2D eigenvalue weighted by Crippen LogP contribution is 2.64. The number of hydrogen-bond donors (Lipinski definition) is 3. The van der Waals surface area contributed by atoms with E-state index in [1.165, 1.54) is 49.7 Å². The van der Waals surface area contributed by atoms with Crippen LogP contribution in [0, 0.1) is 45.8 Å². The van der Waals surface area contributed by atoms with Crippen molar-refractivity contribution in [2.24, 2.45) is 50.8 Å². The van der Waals surface area contributed by atoms with Gasteiger partial charge in [0.15, 0.2) is 0 Å². The Morgan fingerprint density at radius 3 is 2.08 bits per heavy atom. The first-order valence-electron chi connectivity index (χ1n) is 15.7. The molecular formula is C35H54N2O2. The number of allylic oxidation sites excluding steroid dienone is 4. The maximum absolute atomic E-state index is 11.5. The monoisotopic (exact) mass is 534 g/mol. The first-order chi connectivity index (χ1) is 18.2. The van der Waals surface area contributed by atoms with Crippen LogP contribution in [0.25, 0.3) is 0 Å². The highest BCUT2D eigenvalue weighted by atomic mass is 16.3. The van der Waals surface area contributed by atoms with E-state index in [9.17, 15) is 10.2 Å². The first-order valence-corrected chi connectivity index (χ1v) is 15.7. The molecule has 39 heavy (non-hydrogen) atoms. The minimum absolute atomic E-state index is 0.0499. The summed E-state index contributed by atoms with van der Waals surface area (Å²) in [5, 5.41) is 26.2. The Hall–Kier alpha value is -1.49. The van der Waals surface area contributed by atoms with E-state index < -0.39 is 12.2 Å². The van der Waals surface area contributed by atoms with E-state index in [-0.39, 0.29) is 22.7 Å². The van der Waals surface area contributed by atoms with Gasteiger partial charge in [-0.3, -0.25) is 4.99 Å². The van der Waals surface area contributed by atoms with Crippen LogP contribution in [0.3, 0.4) is 0 Å². The van der Waals surface area contributed by atoms with Gasteiger partial charge in [-0.15, -0.1) is 0 Å². The Kier molecular flexibility index (Phi) is 7.98. The lowest BCUT2D eigenvalue weighted by molar-refractivity contribution is -0.0965. The maximum atomic E-state index is 11.5. The van der Waals surface area contributed by atoms with Crippen LogP contribution in [0.4, 0.5) is 0 Å². The molecule has 4 nitrogen and oxygen atoms in total. The Balaban J connectivity index is 1.16. The third-order valence-corrected chi connectivity index (χ3v) is 10.5. The molecule has 0 aromatic heterocycles. The molecule has 0 heterocycles. The van der Waals surface area contributed by atoms with Crippen LogP contribution in [0.15, 0.2) is 51.6 Å². The van der Waals surface area contributed by atoms with Gasteiger partial charge < -0.3 is 15.5 Å². The largest absolute Gasteiger partial charge is 0.388 e. The van der Waals surface area contributed by atoms with E-state index in [1.807, 2.05) is 6.21 Å². The average Bonchev–Trinajstić information content (AvgIpc) is 2.81. The summed E-state index contributed by atoms with van der Waals surface area (Å²) < 4.78 is 0. The number of aliphatic hydroxyl groups excluding tert-OH is 2. The smallest absolute Gasteiger partial charge is 0.0872 e. The highest BCUT2D eigenvalue weighted by molar-refractivity contribution is 5.81. The number of aliphatic hydroxyl groups is 2. The fourth-order valence-electron chi connectivity index (χ4n) is 8.92. The third-order valence-electron chi connectivity index (χ3n) is 10.5. The molecule has 0 saturated heterocycles. The molecule has 0 amide bonds. The zero-order valence-electron chi connectivity index (χ0n) is 25.6. The molecule has 4 bridgehead atoms. The lowest BCUT2D eigenvalue weighted by Crippen LogP contribution is -2.52. The molecular weight excluding hydrogens is 480 g/mol. The fraction of sp³-hybridized carbons (Fsp3) is 0.743. The molecule has 0 radical (unpaired) electrons. The molecule has 0 aliphatic heterocycles. The second-order valence-corrected chi connectivity index (χ2v) is 15.9. The van der Waals surface area contributed by atoms with Crippen LogP contribution < -0.4 is 5.32 Å². The molecule has 6 aliphatic rings. The minimum atomic E-state index is -0.467. The van der Waals surface area contributed by atoms with Crippen molar-refractivity contribution >= 4 is 6.21 Å². The summed E-state index contributed by atoms with van der Waals surface area (Å²) in [5.41, 5.74) is 4.96. The lowest BCUT2D eigenvalue weighted by atomic mass is 9.45. The Bertz CT molecular complexity index is 1040. The second kappa shape index (κ2) is 10.7. The predicted octanol–water partition coefficient (Wildman–Crippen LogP) is 6.66. The molecule has 4 heteroatoms. The number of nitrogens with zero attached hydrogens (tertiary/aromatic N) is 1. The van der Waals surface area contributed by atoms with Gasteiger partial charge in [-0.25, -0.2) is 0 Å². The Labute approximate surface area is 237 Å². The van der Waals surface area contributed by atoms with E-state index in [0.717, 1.165) is 42.0 Å². The quantitative estimate of drug-likeness (QED) is 0.253. The maximum Gasteiger partial charge on any atom is 0.0872 e. The van der Waals surface area contributed by atoms with Crippen LogP contribution in [0.5, 0.6) is 0 Å². The number of rotatable bonds is 7. The van der Waals surface area contributed by atoms with Gasteiger partial charge in [-0.2, -0.15) is 0 Å². The van der Waals surface area contributed by atoms with E-state index in [1.54, 1.807) is 0 Å². The minimum Gasteiger partial charge on any atom is -0.388 e. The van der Waals surface area contributed by atoms with Gasteiger partial charge in [0.2, 0.25) is 0 Å². The van der Waals surface area contributed by atoms with Crippen LogP contribution in [0.1, 0.15) is 87.0 Å². The summed E-state index contributed by atoms with van der Waals surface area (Å²) in [6.45, 7) is 17.6. The molecule has 6 aliphatic carbocycles. The van der Waals surface area contributed by atoms with Crippen molar-refractivity contribution in [2.45, 2.75) is 99.2 Å². The molecule has 0 aromatic carbocycles. The molecule has 6 rings (SSSR count). The van der Waals surface area contributed by atoms with Crippen molar-refractivity contribution in [2.75, 3.05) is 19.6 Å². The SMILES string of the molecule is CC1=CC(C23CC4CC(CC(C4)C2)C3)C(O)C(/C=N/CCNCC2C=C(C(C)(C)C)C=C(C(C)(C)C)C2O)=C1. The summed E-state index contributed by atoms with van der Waals surface area (Å²) in [6, 6.07) is 0. The number of aliphatic imine (C=N–C) groups is 1. The zero-order chi connectivity index (χ0) is 28.2. The topological polar surface area (TPSA) is 64.9 Å². The van der Waals surface area contributed by atoms with Gasteiger partial charge >= 0.3 is 0 Å². The van der Waals surface area contributed by atoms with Gasteiger partial charge in [0, 0.05) is 31.1 Å². The fourth-order valence-corrected chi connectivity index (χ4v) is 8.92. The van der Waals surface area contributed by atoms with Crippen molar-refractivity contribution in [1.29, 1.82) is 0 Å². The lowest BCUT2D eigenvalue weighted by Gasteiger charge is -2.60. The van der Waals surface area contributed by atoms with Crippen molar-refractivity contribution in [1.82, 2.24) is 5.32 Å². The van der Waals surface area contributed by atoms with Gasteiger partial charge in [0.1, 0.15) is 0 Å². The molecule has 4 fully saturated rings. The number of nitrogens with one attached hydrogen (secondary N) is 1. The van der Waals surface area contributed by atoms with E-state index >= 15 is 0 Å². The summed E-state index contributed by atoms with van der Waals surface area (Å²) >= 11 is 0. The predicted molar refractivity (Wildman–Crippen MR) is 163 cm³/mol.